The number of thioether (sulfide) groups is 1. The van der Waals surface area contributed by atoms with E-state index in [1.54, 1.807) is 0 Å². The van der Waals surface area contributed by atoms with Crippen LogP contribution in [0.1, 0.15) is 38.5 Å². The predicted octanol–water partition coefficient (Wildman–Crippen LogP) is 2.45. The number of nitrogens with one attached hydrogen (secondary N) is 1. The van der Waals surface area contributed by atoms with Gasteiger partial charge in [0.05, 0.1) is 11.2 Å². The van der Waals surface area contributed by atoms with Gasteiger partial charge in [0.1, 0.15) is 0 Å². The Labute approximate surface area is 121 Å². The highest BCUT2D eigenvalue weighted by molar-refractivity contribution is 7.99. The molecule has 0 aromatic heterocycles. The molecular weight excluding hydrogens is 258 g/mol. The fourth-order valence-corrected chi connectivity index (χ4v) is 5.69. The second kappa shape index (κ2) is 5.55. The zero-order chi connectivity index (χ0) is 13.3. The van der Waals surface area contributed by atoms with Gasteiger partial charge in [-0.3, -0.25) is 0 Å². The zero-order valence-electron chi connectivity index (χ0n) is 12.2. The van der Waals surface area contributed by atoms with Crippen molar-refractivity contribution in [1.82, 2.24) is 5.32 Å². The monoisotopic (exact) mass is 285 g/mol. The summed E-state index contributed by atoms with van der Waals surface area (Å²) in [4.78, 5) is 0. The minimum Gasteiger partial charge on any atom is -0.377 e. The average Bonchev–Trinajstić information content (AvgIpc) is 2.81. The van der Waals surface area contributed by atoms with E-state index in [2.05, 4.69) is 24.1 Å². The molecule has 3 unspecified atom stereocenters. The van der Waals surface area contributed by atoms with E-state index in [9.17, 15) is 0 Å². The summed E-state index contributed by atoms with van der Waals surface area (Å²) in [6.07, 6.45) is 7.39. The predicted molar refractivity (Wildman–Crippen MR) is 79.8 cm³/mol. The summed E-state index contributed by atoms with van der Waals surface area (Å²) >= 11 is 2.06. The number of methoxy groups -OCH3 is 1. The lowest BCUT2D eigenvalue weighted by Gasteiger charge is -2.52. The Morgan fingerprint density at radius 2 is 2.21 bits per heavy atom. The molecule has 0 amide bonds. The van der Waals surface area contributed by atoms with Crippen molar-refractivity contribution >= 4 is 11.8 Å². The zero-order valence-corrected chi connectivity index (χ0v) is 13.1. The van der Waals surface area contributed by atoms with E-state index in [-0.39, 0.29) is 11.2 Å². The van der Waals surface area contributed by atoms with Gasteiger partial charge < -0.3 is 14.8 Å². The van der Waals surface area contributed by atoms with Crippen molar-refractivity contribution in [2.75, 3.05) is 32.3 Å². The van der Waals surface area contributed by atoms with Crippen LogP contribution in [-0.4, -0.2) is 49.5 Å². The SMILES string of the molecule is CNC(C1CCOC2(CCSC2)C1)C1(OC)CCC1. The summed E-state index contributed by atoms with van der Waals surface area (Å²) in [7, 11) is 4.00. The Kier molecular flexibility index (Phi) is 4.14. The van der Waals surface area contributed by atoms with Gasteiger partial charge in [-0.25, -0.2) is 0 Å². The third kappa shape index (κ3) is 2.45. The van der Waals surface area contributed by atoms with Crippen LogP contribution in [0.2, 0.25) is 0 Å². The van der Waals surface area contributed by atoms with Crippen LogP contribution in [0.3, 0.4) is 0 Å². The molecule has 0 radical (unpaired) electrons. The summed E-state index contributed by atoms with van der Waals surface area (Å²) in [5.41, 5.74) is 0.283. The average molecular weight is 285 g/mol. The first-order valence-corrected chi connectivity index (χ1v) is 8.83. The highest BCUT2D eigenvalue weighted by atomic mass is 32.2. The Hall–Kier alpha value is 0.230. The molecule has 2 heterocycles. The normalized spacial score (nSPS) is 39.2. The first-order chi connectivity index (χ1) is 9.24. The van der Waals surface area contributed by atoms with Crippen LogP contribution < -0.4 is 5.32 Å². The van der Waals surface area contributed by atoms with Crippen molar-refractivity contribution in [3.63, 3.8) is 0 Å². The number of hydrogen-bond donors (Lipinski definition) is 1. The smallest absolute Gasteiger partial charge is 0.0833 e. The van der Waals surface area contributed by atoms with Crippen LogP contribution in [0.5, 0.6) is 0 Å². The molecule has 0 aromatic carbocycles. The van der Waals surface area contributed by atoms with Crippen molar-refractivity contribution in [2.45, 2.75) is 55.8 Å². The Bertz CT molecular complexity index is 308. The second-order valence-corrected chi connectivity index (χ2v) is 7.58. The van der Waals surface area contributed by atoms with E-state index >= 15 is 0 Å². The van der Waals surface area contributed by atoms with Gasteiger partial charge in [0.15, 0.2) is 0 Å². The maximum Gasteiger partial charge on any atom is 0.0833 e. The summed E-state index contributed by atoms with van der Waals surface area (Å²) < 4.78 is 12.1. The lowest BCUT2D eigenvalue weighted by Crippen LogP contribution is -2.61. The van der Waals surface area contributed by atoms with E-state index in [4.69, 9.17) is 9.47 Å². The van der Waals surface area contributed by atoms with Gasteiger partial charge in [-0.2, -0.15) is 11.8 Å². The van der Waals surface area contributed by atoms with E-state index < -0.39 is 0 Å². The number of likely N-dealkylation sites (N-methyl/N-ethyl adjacent to an activating group) is 1. The van der Waals surface area contributed by atoms with Crippen LogP contribution in [-0.2, 0) is 9.47 Å². The van der Waals surface area contributed by atoms with Gasteiger partial charge in [0, 0.05) is 25.5 Å². The molecule has 1 spiro atoms. The van der Waals surface area contributed by atoms with E-state index in [0.717, 1.165) is 6.61 Å². The molecule has 3 atom stereocenters. The molecule has 2 saturated heterocycles. The van der Waals surface area contributed by atoms with Crippen LogP contribution in [0.25, 0.3) is 0 Å². The minimum absolute atomic E-state index is 0.101. The number of ether oxygens (including phenoxy) is 2. The van der Waals surface area contributed by atoms with E-state index in [1.807, 2.05) is 7.11 Å². The van der Waals surface area contributed by atoms with Gasteiger partial charge in [0.25, 0.3) is 0 Å². The third-order valence-corrected chi connectivity index (χ3v) is 6.78. The first kappa shape index (κ1) is 14.2. The fraction of sp³-hybridized carbons (Fsp3) is 1.00. The van der Waals surface area contributed by atoms with Crippen molar-refractivity contribution in [3.05, 3.63) is 0 Å². The standard InChI is InChI=1S/C15H27NO2S/c1-16-13(15(17-2)5-3-6-15)12-4-8-18-14(10-12)7-9-19-11-14/h12-13,16H,3-11H2,1-2H3. The number of rotatable bonds is 4. The molecule has 3 nitrogen and oxygen atoms in total. The quantitative estimate of drug-likeness (QED) is 0.859. The molecule has 0 bridgehead atoms. The van der Waals surface area contributed by atoms with Crippen molar-refractivity contribution < 1.29 is 9.47 Å². The first-order valence-electron chi connectivity index (χ1n) is 7.68. The molecule has 19 heavy (non-hydrogen) atoms. The topological polar surface area (TPSA) is 30.5 Å². The Morgan fingerprint density at radius 1 is 1.37 bits per heavy atom. The van der Waals surface area contributed by atoms with Crippen molar-refractivity contribution in [1.29, 1.82) is 0 Å². The molecule has 1 N–H and O–H groups in total. The lowest BCUT2D eigenvalue weighted by atomic mass is 9.67. The third-order valence-electron chi connectivity index (χ3n) is 5.55. The number of hydrogen-bond acceptors (Lipinski definition) is 4. The molecule has 1 aliphatic carbocycles. The molecule has 3 aliphatic rings. The highest BCUT2D eigenvalue weighted by Gasteiger charge is 2.50. The molecule has 2 aliphatic heterocycles. The lowest BCUT2D eigenvalue weighted by molar-refractivity contribution is -0.141. The minimum atomic E-state index is 0.101. The fourth-order valence-electron chi connectivity index (χ4n) is 4.31. The van der Waals surface area contributed by atoms with Gasteiger partial charge in [-0.05, 0) is 57.2 Å². The van der Waals surface area contributed by atoms with Crippen LogP contribution in [0.15, 0.2) is 0 Å². The van der Waals surface area contributed by atoms with Crippen LogP contribution in [0.4, 0.5) is 0 Å². The molecule has 1 saturated carbocycles. The summed E-state index contributed by atoms with van der Waals surface area (Å²) in [6.45, 7) is 0.934. The van der Waals surface area contributed by atoms with Gasteiger partial charge in [-0.15, -0.1) is 0 Å². The maximum atomic E-state index is 6.16. The summed E-state index contributed by atoms with van der Waals surface area (Å²) in [5.74, 6) is 3.17. The second-order valence-electron chi connectivity index (χ2n) is 6.48. The Morgan fingerprint density at radius 3 is 2.74 bits per heavy atom. The highest BCUT2D eigenvalue weighted by Crippen LogP contribution is 2.47. The molecule has 3 rings (SSSR count). The van der Waals surface area contributed by atoms with E-state index in [0.29, 0.717) is 12.0 Å². The molecule has 110 valence electrons. The van der Waals surface area contributed by atoms with Crippen LogP contribution >= 0.6 is 11.8 Å². The molecule has 3 fully saturated rings. The molecular formula is C15H27NO2S. The maximum absolute atomic E-state index is 6.16. The largest absolute Gasteiger partial charge is 0.377 e. The molecule has 4 heteroatoms. The Balaban J connectivity index is 1.72. The van der Waals surface area contributed by atoms with E-state index in [1.165, 1.54) is 50.0 Å². The van der Waals surface area contributed by atoms with Gasteiger partial charge >= 0.3 is 0 Å². The summed E-state index contributed by atoms with van der Waals surface area (Å²) in [5, 5.41) is 3.58. The molecule has 0 aromatic rings. The van der Waals surface area contributed by atoms with Crippen molar-refractivity contribution in [2.24, 2.45) is 5.92 Å². The summed E-state index contributed by atoms with van der Waals surface area (Å²) in [6, 6.07) is 0.498. The van der Waals surface area contributed by atoms with Gasteiger partial charge in [-0.1, -0.05) is 0 Å². The van der Waals surface area contributed by atoms with Crippen LogP contribution in [0, 0.1) is 5.92 Å². The van der Waals surface area contributed by atoms with Gasteiger partial charge in [0.2, 0.25) is 0 Å². The van der Waals surface area contributed by atoms with Crippen molar-refractivity contribution in [3.8, 4) is 0 Å².